The molecule has 0 aromatic carbocycles. The second-order valence-corrected chi connectivity index (χ2v) is 3.75. The van der Waals surface area contributed by atoms with Gasteiger partial charge in [-0.05, 0) is 12.1 Å². The fraction of sp³-hybridized carbons (Fsp3) is 0. The summed E-state index contributed by atoms with van der Waals surface area (Å²) >= 11 is 0. The normalized spacial score (nSPS) is 11.5. The molecule has 4 heterocycles. The lowest BCUT2D eigenvalue weighted by molar-refractivity contribution is 0.655. The van der Waals surface area contributed by atoms with E-state index in [-0.39, 0.29) is 0 Å². The number of hydrogen-bond donors (Lipinski definition) is 0. The van der Waals surface area contributed by atoms with Crippen LogP contribution in [0.5, 0.6) is 0 Å². The Labute approximate surface area is 95.1 Å². The summed E-state index contributed by atoms with van der Waals surface area (Å²) in [7, 11) is 0. The van der Waals surface area contributed by atoms with Gasteiger partial charge < -0.3 is 4.42 Å². The molecule has 0 unspecified atom stereocenters. The van der Waals surface area contributed by atoms with E-state index in [1.54, 1.807) is 18.6 Å². The number of hydrogen-bond acceptors (Lipinski definition) is 5. The Hall–Kier alpha value is -2.56. The molecule has 0 aliphatic rings. The van der Waals surface area contributed by atoms with Gasteiger partial charge in [0.15, 0.2) is 5.65 Å². The fourth-order valence-corrected chi connectivity index (χ4v) is 1.95. The largest absolute Gasteiger partial charge is 0.438 e. The molecule has 0 bridgehead atoms. The lowest BCUT2D eigenvalue weighted by Gasteiger charge is -1.93. The average Bonchev–Trinajstić information content (AvgIpc) is 2.73. The van der Waals surface area contributed by atoms with Crippen LogP contribution in [0.15, 0.2) is 41.5 Å². The summed E-state index contributed by atoms with van der Waals surface area (Å²) < 4.78 is 5.65. The zero-order valence-corrected chi connectivity index (χ0v) is 8.66. The summed E-state index contributed by atoms with van der Waals surface area (Å²) in [5.41, 5.74) is 2.00. The average molecular weight is 222 g/mol. The van der Waals surface area contributed by atoms with Gasteiger partial charge in [0.1, 0.15) is 11.9 Å². The van der Waals surface area contributed by atoms with E-state index in [1.165, 1.54) is 6.33 Å². The number of rotatable bonds is 0. The summed E-state index contributed by atoms with van der Waals surface area (Å²) in [6.07, 6.45) is 6.69. The van der Waals surface area contributed by atoms with E-state index in [2.05, 4.69) is 19.9 Å². The van der Waals surface area contributed by atoms with Gasteiger partial charge in [-0.3, -0.25) is 4.98 Å². The predicted molar refractivity (Wildman–Crippen MR) is 62.4 cm³/mol. The molecule has 4 aromatic heterocycles. The summed E-state index contributed by atoms with van der Waals surface area (Å²) in [5, 5.41) is 2.79. The SMILES string of the molecule is c1cc2oc3nc4ncncc4cc3c2cn1. The number of pyridine rings is 2. The van der Waals surface area contributed by atoms with E-state index < -0.39 is 0 Å². The number of aromatic nitrogens is 4. The lowest BCUT2D eigenvalue weighted by Crippen LogP contribution is -1.84. The van der Waals surface area contributed by atoms with Crippen LogP contribution in [0.2, 0.25) is 0 Å². The van der Waals surface area contributed by atoms with Crippen molar-refractivity contribution in [2.24, 2.45) is 0 Å². The van der Waals surface area contributed by atoms with Crippen LogP contribution in [0.4, 0.5) is 0 Å². The van der Waals surface area contributed by atoms with Crippen molar-refractivity contribution in [2.45, 2.75) is 0 Å². The third kappa shape index (κ3) is 1.13. The van der Waals surface area contributed by atoms with Crippen LogP contribution in [0, 0.1) is 0 Å². The fourth-order valence-electron chi connectivity index (χ4n) is 1.95. The molecule has 4 rings (SSSR count). The maximum absolute atomic E-state index is 5.65. The molecule has 0 fully saturated rings. The molecule has 0 spiro atoms. The number of nitrogens with zero attached hydrogens (tertiary/aromatic N) is 4. The first-order valence-electron chi connectivity index (χ1n) is 5.15. The van der Waals surface area contributed by atoms with E-state index in [4.69, 9.17) is 4.42 Å². The molecule has 0 N–H and O–H groups in total. The summed E-state index contributed by atoms with van der Waals surface area (Å²) in [6, 6.07) is 3.80. The van der Waals surface area contributed by atoms with Crippen molar-refractivity contribution < 1.29 is 4.42 Å². The summed E-state index contributed by atoms with van der Waals surface area (Å²) in [4.78, 5) is 16.6. The maximum Gasteiger partial charge on any atom is 0.229 e. The van der Waals surface area contributed by atoms with Gasteiger partial charge in [-0.15, -0.1) is 0 Å². The van der Waals surface area contributed by atoms with E-state index in [1.807, 2.05) is 12.1 Å². The highest BCUT2D eigenvalue weighted by Gasteiger charge is 2.09. The zero-order chi connectivity index (χ0) is 11.2. The predicted octanol–water partition coefficient (Wildman–Crippen LogP) is 2.32. The molecule has 0 atom stereocenters. The van der Waals surface area contributed by atoms with Crippen molar-refractivity contribution in [2.75, 3.05) is 0 Å². The molecule has 4 aromatic rings. The Morgan fingerprint density at radius 1 is 1.06 bits per heavy atom. The van der Waals surface area contributed by atoms with Crippen LogP contribution in [0.1, 0.15) is 0 Å². The van der Waals surface area contributed by atoms with E-state index in [9.17, 15) is 0 Å². The van der Waals surface area contributed by atoms with E-state index >= 15 is 0 Å². The third-order valence-corrected chi connectivity index (χ3v) is 2.73. The molecule has 0 aliphatic heterocycles. The van der Waals surface area contributed by atoms with Crippen LogP contribution in [0.25, 0.3) is 33.1 Å². The van der Waals surface area contributed by atoms with Crippen molar-refractivity contribution in [3.05, 3.63) is 37.1 Å². The van der Waals surface area contributed by atoms with Gasteiger partial charge in [0, 0.05) is 29.4 Å². The highest BCUT2D eigenvalue weighted by Crippen LogP contribution is 2.28. The highest BCUT2D eigenvalue weighted by atomic mass is 16.3. The second-order valence-electron chi connectivity index (χ2n) is 3.75. The summed E-state index contributed by atoms with van der Waals surface area (Å²) in [6.45, 7) is 0. The lowest BCUT2D eigenvalue weighted by atomic mass is 10.2. The van der Waals surface area contributed by atoms with Crippen LogP contribution in [0.3, 0.4) is 0 Å². The first-order valence-corrected chi connectivity index (χ1v) is 5.15. The second kappa shape index (κ2) is 2.98. The molecule has 0 amide bonds. The van der Waals surface area contributed by atoms with Gasteiger partial charge in [0.2, 0.25) is 5.71 Å². The first-order chi connectivity index (χ1) is 8.42. The molecule has 0 aliphatic carbocycles. The molecule has 80 valence electrons. The van der Waals surface area contributed by atoms with Gasteiger partial charge in [0.05, 0.1) is 5.39 Å². The smallest absolute Gasteiger partial charge is 0.229 e. The minimum Gasteiger partial charge on any atom is -0.438 e. The standard InChI is InChI=1S/C12H6N4O/c1-2-13-5-9-8-3-7-4-14-6-15-11(7)16-12(8)17-10(1)9/h1-6H. The molecule has 0 saturated heterocycles. The monoisotopic (exact) mass is 222 g/mol. The van der Waals surface area contributed by atoms with Crippen molar-refractivity contribution in [3.63, 3.8) is 0 Å². The molecule has 0 radical (unpaired) electrons. The van der Waals surface area contributed by atoms with Gasteiger partial charge >= 0.3 is 0 Å². The Bertz CT molecular complexity index is 847. The first kappa shape index (κ1) is 8.58. The summed E-state index contributed by atoms with van der Waals surface area (Å²) in [5.74, 6) is 0. The van der Waals surface area contributed by atoms with Crippen LogP contribution < -0.4 is 0 Å². The number of furan rings is 1. The van der Waals surface area contributed by atoms with Gasteiger partial charge in [0.25, 0.3) is 0 Å². The minimum atomic E-state index is 0.583. The molecular weight excluding hydrogens is 216 g/mol. The van der Waals surface area contributed by atoms with Gasteiger partial charge in [-0.25, -0.2) is 9.97 Å². The van der Waals surface area contributed by atoms with Crippen LogP contribution in [-0.2, 0) is 0 Å². The topological polar surface area (TPSA) is 64.7 Å². The Morgan fingerprint density at radius 3 is 3.06 bits per heavy atom. The van der Waals surface area contributed by atoms with E-state index in [0.717, 1.165) is 21.7 Å². The number of fused-ring (bicyclic) bond motifs is 4. The Balaban J connectivity index is 2.28. The molecule has 17 heavy (non-hydrogen) atoms. The highest BCUT2D eigenvalue weighted by molar-refractivity contribution is 6.06. The zero-order valence-electron chi connectivity index (χ0n) is 8.66. The van der Waals surface area contributed by atoms with Crippen LogP contribution >= 0.6 is 0 Å². The van der Waals surface area contributed by atoms with Crippen molar-refractivity contribution in [1.29, 1.82) is 0 Å². The molecule has 5 nitrogen and oxygen atoms in total. The molecular formula is C12H6N4O. The van der Waals surface area contributed by atoms with Gasteiger partial charge in [-0.2, -0.15) is 4.98 Å². The Kier molecular flexibility index (Phi) is 1.50. The Morgan fingerprint density at radius 2 is 2.06 bits per heavy atom. The molecule has 0 saturated carbocycles. The minimum absolute atomic E-state index is 0.583. The van der Waals surface area contributed by atoms with Gasteiger partial charge in [-0.1, -0.05) is 0 Å². The van der Waals surface area contributed by atoms with Crippen molar-refractivity contribution >= 4 is 33.1 Å². The van der Waals surface area contributed by atoms with Crippen molar-refractivity contribution in [1.82, 2.24) is 19.9 Å². The van der Waals surface area contributed by atoms with Crippen molar-refractivity contribution in [3.8, 4) is 0 Å². The third-order valence-electron chi connectivity index (χ3n) is 2.73. The van der Waals surface area contributed by atoms with E-state index in [0.29, 0.717) is 11.4 Å². The quantitative estimate of drug-likeness (QED) is 0.456. The molecule has 5 heteroatoms. The van der Waals surface area contributed by atoms with Crippen LogP contribution in [-0.4, -0.2) is 19.9 Å². The maximum atomic E-state index is 5.65.